The lowest BCUT2D eigenvalue weighted by atomic mass is 10.2. The topological polar surface area (TPSA) is 63.8 Å². The van der Waals surface area contributed by atoms with Gasteiger partial charge in [-0.25, -0.2) is 0 Å². The van der Waals surface area contributed by atoms with Crippen LogP contribution in [-0.2, 0) is 6.54 Å². The molecule has 5 nitrogen and oxygen atoms in total. The Kier molecular flexibility index (Phi) is 4.52. The molecule has 4 aromatic rings. The summed E-state index contributed by atoms with van der Waals surface area (Å²) in [6.07, 6.45) is 0. The first-order valence-corrected chi connectivity index (χ1v) is 8.69. The first-order chi connectivity index (χ1) is 13.2. The molecule has 6 heteroatoms. The van der Waals surface area contributed by atoms with Crippen LogP contribution in [-0.4, -0.2) is 9.67 Å². The fraction of sp³-hybridized carbons (Fsp3) is 0.0476. The van der Waals surface area contributed by atoms with Crippen molar-refractivity contribution < 1.29 is 9.84 Å². The molecule has 1 heterocycles. The van der Waals surface area contributed by atoms with Crippen LogP contribution in [0.15, 0.2) is 78.0 Å². The van der Waals surface area contributed by atoms with E-state index in [0.29, 0.717) is 28.2 Å². The van der Waals surface area contributed by atoms with Gasteiger partial charge in [0.1, 0.15) is 11.5 Å². The van der Waals surface area contributed by atoms with Gasteiger partial charge in [-0.15, -0.1) is 4.91 Å². The zero-order valence-electron chi connectivity index (χ0n) is 14.2. The van der Waals surface area contributed by atoms with Crippen molar-refractivity contribution in [2.24, 2.45) is 5.18 Å². The van der Waals surface area contributed by atoms with Crippen LogP contribution in [0.4, 0.5) is 5.69 Å². The summed E-state index contributed by atoms with van der Waals surface area (Å²) >= 11 is 6.02. The molecule has 0 atom stereocenters. The normalized spacial score (nSPS) is 10.9. The number of fused-ring (bicyclic) bond motifs is 1. The quantitative estimate of drug-likeness (QED) is 0.418. The zero-order chi connectivity index (χ0) is 18.8. The lowest BCUT2D eigenvalue weighted by Gasteiger charge is -2.10. The standard InChI is InChI=1S/C21H15ClN2O3/c22-15-9-10-19-18(12-15)20(23-26)21(25)24(19)13-14-5-4-8-17(11-14)27-16-6-2-1-3-7-16/h1-12,25H,13H2. The SMILES string of the molecule is O=Nc1c(O)n(Cc2cccc(Oc3ccccc3)c2)c2ccc(Cl)cc12. The van der Waals surface area contributed by atoms with Crippen LogP contribution in [0.25, 0.3) is 10.9 Å². The molecule has 0 bridgehead atoms. The molecule has 134 valence electrons. The zero-order valence-corrected chi connectivity index (χ0v) is 14.9. The first-order valence-electron chi connectivity index (χ1n) is 8.31. The minimum absolute atomic E-state index is 0.0100. The molecule has 0 fully saturated rings. The Balaban J connectivity index is 1.70. The van der Waals surface area contributed by atoms with Crippen molar-refractivity contribution in [1.29, 1.82) is 0 Å². The lowest BCUT2D eigenvalue weighted by molar-refractivity contribution is 0.429. The van der Waals surface area contributed by atoms with Crippen molar-refractivity contribution in [3.05, 3.63) is 88.3 Å². The monoisotopic (exact) mass is 378 g/mol. The van der Waals surface area contributed by atoms with Crippen LogP contribution >= 0.6 is 11.6 Å². The predicted octanol–water partition coefficient (Wildman–Crippen LogP) is 6.24. The summed E-state index contributed by atoms with van der Waals surface area (Å²) in [5, 5.41) is 14.4. The minimum Gasteiger partial charge on any atom is -0.493 e. The maximum atomic E-state index is 11.2. The summed E-state index contributed by atoms with van der Waals surface area (Å²) in [5.74, 6) is 1.24. The average molecular weight is 379 g/mol. The van der Waals surface area contributed by atoms with Gasteiger partial charge in [0, 0.05) is 10.4 Å². The number of hydrogen-bond acceptors (Lipinski definition) is 4. The highest BCUT2D eigenvalue weighted by atomic mass is 35.5. The molecule has 1 N–H and O–H groups in total. The molecule has 0 radical (unpaired) electrons. The molecular formula is C21H15ClN2O3. The van der Waals surface area contributed by atoms with E-state index < -0.39 is 0 Å². The van der Waals surface area contributed by atoms with Crippen LogP contribution in [0, 0.1) is 4.91 Å². The van der Waals surface area contributed by atoms with Gasteiger partial charge in [-0.1, -0.05) is 41.9 Å². The smallest absolute Gasteiger partial charge is 0.222 e. The molecule has 27 heavy (non-hydrogen) atoms. The number of nitrogens with zero attached hydrogens (tertiary/aromatic N) is 2. The van der Waals surface area contributed by atoms with Gasteiger partial charge in [0.05, 0.1) is 12.1 Å². The molecule has 4 rings (SSSR count). The maximum absolute atomic E-state index is 11.2. The highest BCUT2D eigenvalue weighted by Gasteiger charge is 2.18. The molecule has 0 aliphatic rings. The van der Waals surface area contributed by atoms with E-state index in [0.717, 1.165) is 11.3 Å². The molecular weight excluding hydrogens is 364 g/mol. The molecule has 0 aliphatic heterocycles. The van der Waals surface area contributed by atoms with Crippen LogP contribution < -0.4 is 4.74 Å². The fourth-order valence-electron chi connectivity index (χ4n) is 3.06. The van der Waals surface area contributed by atoms with Crippen LogP contribution in [0.1, 0.15) is 5.56 Å². The average Bonchev–Trinajstić information content (AvgIpc) is 2.93. The summed E-state index contributed by atoms with van der Waals surface area (Å²) in [7, 11) is 0. The molecule has 3 aromatic carbocycles. The molecule has 0 saturated carbocycles. The third-order valence-electron chi connectivity index (χ3n) is 4.28. The van der Waals surface area contributed by atoms with Gasteiger partial charge in [-0.3, -0.25) is 0 Å². The van der Waals surface area contributed by atoms with Crippen molar-refractivity contribution in [2.75, 3.05) is 0 Å². The van der Waals surface area contributed by atoms with Gasteiger partial charge in [0.2, 0.25) is 5.88 Å². The van der Waals surface area contributed by atoms with E-state index in [4.69, 9.17) is 16.3 Å². The van der Waals surface area contributed by atoms with Crippen LogP contribution in [0.3, 0.4) is 0 Å². The summed E-state index contributed by atoms with van der Waals surface area (Å²) in [5.41, 5.74) is 1.58. The molecule has 0 amide bonds. The Morgan fingerprint density at radius 3 is 2.52 bits per heavy atom. The Morgan fingerprint density at radius 2 is 1.74 bits per heavy atom. The molecule has 0 unspecified atom stereocenters. The largest absolute Gasteiger partial charge is 0.493 e. The van der Waals surface area contributed by atoms with Gasteiger partial charge < -0.3 is 14.4 Å². The number of halogens is 1. The summed E-state index contributed by atoms with van der Waals surface area (Å²) < 4.78 is 7.49. The van der Waals surface area contributed by atoms with Gasteiger partial charge in [-0.2, -0.15) is 0 Å². The highest BCUT2D eigenvalue weighted by Crippen LogP contribution is 2.40. The fourth-order valence-corrected chi connectivity index (χ4v) is 3.23. The Bertz CT molecular complexity index is 1120. The number of nitroso groups, excluding NO2 is 1. The second-order valence-electron chi connectivity index (χ2n) is 6.07. The minimum atomic E-state index is -0.184. The van der Waals surface area contributed by atoms with E-state index in [9.17, 15) is 10.0 Å². The second-order valence-corrected chi connectivity index (χ2v) is 6.51. The Morgan fingerprint density at radius 1 is 0.963 bits per heavy atom. The number of rotatable bonds is 5. The van der Waals surface area contributed by atoms with Gasteiger partial charge in [-0.05, 0) is 53.2 Å². The number of aromatic nitrogens is 1. The van der Waals surface area contributed by atoms with E-state index in [1.54, 1.807) is 22.8 Å². The van der Waals surface area contributed by atoms with E-state index in [1.807, 2.05) is 54.6 Å². The van der Waals surface area contributed by atoms with Crippen molar-refractivity contribution in [3.8, 4) is 17.4 Å². The Labute approximate surface area is 160 Å². The van der Waals surface area contributed by atoms with E-state index in [2.05, 4.69) is 5.18 Å². The van der Waals surface area contributed by atoms with Crippen molar-refractivity contribution in [1.82, 2.24) is 4.57 Å². The second kappa shape index (κ2) is 7.13. The summed E-state index contributed by atoms with van der Waals surface area (Å²) in [4.78, 5) is 11.2. The van der Waals surface area contributed by atoms with Crippen molar-refractivity contribution in [2.45, 2.75) is 6.54 Å². The Hall–Kier alpha value is -3.31. The molecule has 0 saturated heterocycles. The third kappa shape index (κ3) is 3.37. The van der Waals surface area contributed by atoms with Crippen LogP contribution in [0.2, 0.25) is 5.02 Å². The molecule has 0 aliphatic carbocycles. The maximum Gasteiger partial charge on any atom is 0.222 e. The number of para-hydroxylation sites is 1. The van der Waals surface area contributed by atoms with E-state index in [1.165, 1.54) is 0 Å². The van der Waals surface area contributed by atoms with Crippen molar-refractivity contribution >= 4 is 28.2 Å². The summed E-state index contributed by atoms with van der Waals surface area (Å²) in [6.45, 7) is 0.353. The van der Waals surface area contributed by atoms with E-state index in [-0.39, 0.29) is 11.6 Å². The number of aromatic hydroxyl groups is 1. The van der Waals surface area contributed by atoms with E-state index >= 15 is 0 Å². The van der Waals surface area contributed by atoms with Gasteiger partial charge >= 0.3 is 0 Å². The number of benzene rings is 3. The summed E-state index contributed by atoms with van der Waals surface area (Å²) in [6, 6.07) is 22.1. The van der Waals surface area contributed by atoms with Gasteiger partial charge in [0.15, 0.2) is 5.69 Å². The number of ether oxygens (including phenoxy) is 1. The van der Waals surface area contributed by atoms with Crippen LogP contribution in [0.5, 0.6) is 17.4 Å². The van der Waals surface area contributed by atoms with Crippen molar-refractivity contribution in [3.63, 3.8) is 0 Å². The highest BCUT2D eigenvalue weighted by molar-refractivity contribution is 6.31. The first kappa shape index (κ1) is 17.1. The van der Waals surface area contributed by atoms with Gasteiger partial charge in [0.25, 0.3) is 0 Å². The third-order valence-corrected chi connectivity index (χ3v) is 4.52. The molecule has 0 spiro atoms. The predicted molar refractivity (Wildman–Crippen MR) is 106 cm³/mol. The molecule has 1 aromatic heterocycles. The number of hydrogen-bond donors (Lipinski definition) is 1. The lowest BCUT2D eigenvalue weighted by Crippen LogP contribution is -1.99.